The molecule has 0 saturated carbocycles. The molecule has 0 aliphatic carbocycles. The van der Waals surface area contributed by atoms with Gasteiger partial charge in [-0.25, -0.2) is 9.78 Å². The highest BCUT2D eigenvalue weighted by molar-refractivity contribution is 5.94. The Hall–Kier alpha value is -1.58. The number of nitrogen functional groups attached to an aromatic ring is 1. The fourth-order valence-corrected chi connectivity index (χ4v) is 1.19. The molecular formula is C11H16N2O2. The molecule has 0 amide bonds. The van der Waals surface area contributed by atoms with Crippen LogP contribution in [-0.2, 0) is 4.74 Å². The summed E-state index contributed by atoms with van der Waals surface area (Å²) < 4.78 is 4.85. The summed E-state index contributed by atoms with van der Waals surface area (Å²) in [6.07, 6.45) is 0. The number of aromatic nitrogens is 1. The van der Waals surface area contributed by atoms with Gasteiger partial charge in [0.05, 0.1) is 6.61 Å². The Morgan fingerprint density at radius 3 is 2.67 bits per heavy atom. The van der Waals surface area contributed by atoms with Crippen LogP contribution in [0.4, 0.5) is 5.82 Å². The molecule has 0 radical (unpaired) electrons. The third-order valence-electron chi connectivity index (χ3n) is 2.03. The summed E-state index contributed by atoms with van der Waals surface area (Å²) in [5, 5.41) is 0. The smallest absolute Gasteiger partial charge is 0.341 e. The summed E-state index contributed by atoms with van der Waals surface area (Å²) in [4.78, 5) is 15.6. The van der Waals surface area contributed by atoms with E-state index in [0.717, 1.165) is 5.69 Å². The first-order valence-corrected chi connectivity index (χ1v) is 4.99. The fraction of sp³-hybridized carbons (Fsp3) is 0.455. The number of pyridine rings is 1. The van der Waals surface area contributed by atoms with Gasteiger partial charge in [-0.3, -0.25) is 0 Å². The quantitative estimate of drug-likeness (QED) is 0.771. The van der Waals surface area contributed by atoms with Crippen molar-refractivity contribution in [2.75, 3.05) is 12.3 Å². The summed E-state index contributed by atoms with van der Waals surface area (Å²) in [5.74, 6) is 0.112. The number of esters is 1. The maximum Gasteiger partial charge on any atom is 0.341 e. The Morgan fingerprint density at radius 1 is 1.53 bits per heavy atom. The van der Waals surface area contributed by atoms with Crippen molar-refractivity contribution >= 4 is 11.8 Å². The van der Waals surface area contributed by atoms with Crippen molar-refractivity contribution in [2.24, 2.45) is 0 Å². The van der Waals surface area contributed by atoms with E-state index in [9.17, 15) is 4.79 Å². The number of carbonyl (C=O) groups excluding carboxylic acids is 1. The molecule has 0 aromatic carbocycles. The van der Waals surface area contributed by atoms with Crippen molar-refractivity contribution in [1.29, 1.82) is 0 Å². The van der Waals surface area contributed by atoms with Crippen LogP contribution in [0.3, 0.4) is 0 Å². The van der Waals surface area contributed by atoms with Crippen molar-refractivity contribution in [3.8, 4) is 0 Å². The minimum absolute atomic E-state index is 0.236. The van der Waals surface area contributed by atoms with Crippen LogP contribution in [0.15, 0.2) is 12.1 Å². The second-order valence-electron chi connectivity index (χ2n) is 3.54. The van der Waals surface area contributed by atoms with E-state index in [4.69, 9.17) is 10.5 Å². The summed E-state index contributed by atoms with van der Waals surface area (Å²) >= 11 is 0. The molecule has 0 spiro atoms. The number of nitrogens with zero attached hydrogens (tertiary/aromatic N) is 1. The summed E-state index contributed by atoms with van der Waals surface area (Å²) in [6, 6.07) is 3.46. The maximum atomic E-state index is 11.4. The predicted molar refractivity (Wildman–Crippen MR) is 58.7 cm³/mol. The summed E-state index contributed by atoms with van der Waals surface area (Å²) in [6.45, 7) is 6.13. The zero-order chi connectivity index (χ0) is 11.4. The van der Waals surface area contributed by atoms with E-state index in [1.54, 1.807) is 19.1 Å². The number of anilines is 1. The predicted octanol–water partition coefficient (Wildman–Crippen LogP) is 1.96. The first kappa shape index (κ1) is 11.5. The standard InChI is InChI=1S/C11H16N2O2/c1-4-15-11(14)8-5-6-9(7(2)3)13-10(8)12/h5-7H,4H2,1-3H3,(H2,12,13). The Balaban J connectivity index is 2.98. The van der Waals surface area contributed by atoms with Gasteiger partial charge in [0, 0.05) is 5.69 Å². The average molecular weight is 208 g/mol. The number of ether oxygens (including phenoxy) is 1. The fourth-order valence-electron chi connectivity index (χ4n) is 1.19. The van der Waals surface area contributed by atoms with Crippen LogP contribution < -0.4 is 5.73 Å². The molecule has 15 heavy (non-hydrogen) atoms. The number of carbonyl (C=O) groups is 1. The molecule has 0 unspecified atom stereocenters. The zero-order valence-electron chi connectivity index (χ0n) is 9.28. The van der Waals surface area contributed by atoms with E-state index < -0.39 is 5.97 Å². The molecule has 0 saturated heterocycles. The maximum absolute atomic E-state index is 11.4. The largest absolute Gasteiger partial charge is 0.462 e. The highest BCUT2D eigenvalue weighted by Crippen LogP contribution is 2.17. The Kier molecular flexibility index (Phi) is 3.66. The van der Waals surface area contributed by atoms with Gasteiger partial charge in [0.25, 0.3) is 0 Å². The molecule has 0 aliphatic heterocycles. The average Bonchev–Trinajstić information content (AvgIpc) is 2.17. The summed E-state index contributed by atoms with van der Waals surface area (Å²) in [5.41, 5.74) is 6.89. The molecule has 0 aliphatic rings. The van der Waals surface area contributed by atoms with Gasteiger partial charge >= 0.3 is 5.97 Å². The third kappa shape index (κ3) is 2.68. The molecule has 0 atom stereocenters. The minimum atomic E-state index is -0.419. The topological polar surface area (TPSA) is 65.2 Å². The van der Waals surface area contributed by atoms with Crippen molar-refractivity contribution in [1.82, 2.24) is 4.98 Å². The molecule has 1 heterocycles. The van der Waals surface area contributed by atoms with Crippen LogP contribution in [0.2, 0.25) is 0 Å². The molecule has 1 aromatic heterocycles. The molecule has 0 bridgehead atoms. The minimum Gasteiger partial charge on any atom is -0.462 e. The molecule has 1 aromatic rings. The van der Waals surface area contributed by atoms with Gasteiger partial charge in [-0.15, -0.1) is 0 Å². The zero-order valence-corrected chi connectivity index (χ0v) is 9.28. The van der Waals surface area contributed by atoms with Gasteiger partial charge in [0.15, 0.2) is 0 Å². The monoisotopic (exact) mass is 208 g/mol. The lowest BCUT2D eigenvalue weighted by Gasteiger charge is -2.08. The van der Waals surface area contributed by atoms with Gasteiger partial charge in [0.2, 0.25) is 0 Å². The Morgan fingerprint density at radius 2 is 2.20 bits per heavy atom. The van der Waals surface area contributed by atoms with Gasteiger partial charge in [0.1, 0.15) is 11.4 Å². The van der Waals surface area contributed by atoms with E-state index in [0.29, 0.717) is 18.1 Å². The van der Waals surface area contributed by atoms with Crippen LogP contribution in [0, 0.1) is 0 Å². The molecular weight excluding hydrogens is 192 g/mol. The first-order valence-electron chi connectivity index (χ1n) is 4.99. The number of nitrogens with two attached hydrogens (primary N) is 1. The molecule has 82 valence electrons. The van der Waals surface area contributed by atoms with Gasteiger partial charge < -0.3 is 10.5 Å². The molecule has 2 N–H and O–H groups in total. The second kappa shape index (κ2) is 4.77. The molecule has 4 heteroatoms. The first-order chi connectivity index (χ1) is 7.06. The summed E-state index contributed by atoms with van der Waals surface area (Å²) in [7, 11) is 0. The Bertz CT molecular complexity index is 362. The highest BCUT2D eigenvalue weighted by Gasteiger charge is 2.13. The second-order valence-corrected chi connectivity index (χ2v) is 3.54. The molecule has 0 fully saturated rings. The van der Waals surface area contributed by atoms with Crippen molar-refractivity contribution < 1.29 is 9.53 Å². The third-order valence-corrected chi connectivity index (χ3v) is 2.03. The normalized spacial score (nSPS) is 10.4. The van der Waals surface area contributed by atoms with Crippen molar-refractivity contribution in [3.63, 3.8) is 0 Å². The van der Waals surface area contributed by atoms with Gasteiger partial charge in [-0.05, 0) is 25.0 Å². The number of hydrogen-bond donors (Lipinski definition) is 1. The van der Waals surface area contributed by atoms with E-state index in [2.05, 4.69) is 4.98 Å². The lowest BCUT2D eigenvalue weighted by atomic mass is 10.1. The van der Waals surface area contributed by atoms with Crippen molar-refractivity contribution in [3.05, 3.63) is 23.4 Å². The Labute approximate surface area is 89.5 Å². The van der Waals surface area contributed by atoms with Crippen LogP contribution >= 0.6 is 0 Å². The van der Waals surface area contributed by atoms with Crippen LogP contribution in [0.5, 0.6) is 0 Å². The molecule has 4 nitrogen and oxygen atoms in total. The number of rotatable bonds is 3. The van der Waals surface area contributed by atoms with E-state index in [-0.39, 0.29) is 5.82 Å². The van der Waals surface area contributed by atoms with Gasteiger partial charge in [-0.2, -0.15) is 0 Å². The highest BCUT2D eigenvalue weighted by atomic mass is 16.5. The SMILES string of the molecule is CCOC(=O)c1ccc(C(C)C)nc1N. The van der Waals surface area contributed by atoms with E-state index in [1.165, 1.54) is 0 Å². The lowest BCUT2D eigenvalue weighted by Crippen LogP contribution is -2.10. The van der Waals surface area contributed by atoms with Crippen LogP contribution in [0.1, 0.15) is 42.7 Å². The van der Waals surface area contributed by atoms with Gasteiger partial charge in [-0.1, -0.05) is 13.8 Å². The van der Waals surface area contributed by atoms with Crippen LogP contribution in [-0.4, -0.2) is 17.6 Å². The van der Waals surface area contributed by atoms with Crippen LogP contribution in [0.25, 0.3) is 0 Å². The van der Waals surface area contributed by atoms with Crippen molar-refractivity contribution in [2.45, 2.75) is 26.7 Å². The number of hydrogen-bond acceptors (Lipinski definition) is 4. The lowest BCUT2D eigenvalue weighted by molar-refractivity contribution is 0.0527. The van der Waals surface area contributed by atoms with E-state index in [1.807, 2.05) is 13.8 Å². The molecule has 1 rings (SSSR count). The van der Waals surface area contributed by atoms with E-state index >= 15 is 0 Å².